The van der Waals surface area contributed by atoms with Crippen molar-refractivity contribution < 1.29 is 18.4 Å². The third-order valence-corrected chi connectivity index (χ3v) is 5.81. The summed E-state index contributed by atoms with van der Waals surface area (Å²) in [5.41, 5.74) is 0.552. The van der Waals surface area contributed by atoms with Crippen LogP contribution >= 0.6 is 7.60 Å². The third-order valence-electron chi connectivity index (χ3n) is 3.32. The second-order valence-corrected chi connectivity index (χ2v) is 7.61. The Morgan fingerprint density at radius 1 is 1.14 bits per heavy atom. The summed E-state index contributed by atoms with van der Waals surface area (Å²) in [4.78, 5) is 12.1. The Balaban J connectivity index is 2.61. The number of rotatable bonds is 9. The highest BCUT2D eigenvalue weighted by molar-refractivity contribution is 7.54. The van der Waals surface area contributed by atoms with Gasteiger partial charge in [0.15, 0.2) is 0 Å². The van der Waals surface area contributed by atoms with Crippen molar-refractivity contribution in [3.63, 3.8) is 0 Å². The van der Waals surface area contributed by atoms with Crippen LogP contribution < -0.4 is 5.32 Å². The second-order valence-electron chi connectivity index (χ2n) is 5.13. The van der Waals surface area contributed by atoms with E-state index in [0.29, 0.717) is 13.2 Å². The Kier molecular flexibility index (Phi) is 7.80. The van der Waals surface area contributed by atoms with E-state index >= 15 is 0 Å². The van der Waals surface area contributed by atoms with Gasteiger partial charge >= 0.3 is 7.60 Å². The minimum Gasteiger partial charge on any atom is -0.350 e. The normalized spacial score (nSPS) is 14.4. The summed E-state index contributed by atoms with van der Waals surface area (Å²) < 4.78 is 23.1. The van der Waals surface area contributed by atoms with Crippen LogP contribution in [0, 0.1) is 0 Å². The minimum atomic E-state index is -3.24. The van der Waals surface area contributed by atoms with Crippen molar-refractivity contribution >= 4 is 13.5 Å². The van der Waals surface area contributed by atoms with Gasteiger partial charge in [-0.15, -0.1) is 0 Å². The van der Waals surface area contributed by atoms with Gasteiger partial charge in [-0.2, -0.15) is 0 Å². The Labute approximate surface area is 132 Å². The summed E-state index contributed by atoms with van der Waals surface area (Å²) >= 11 is 0. The van der Waals surface area contributed by atoms with Crippen molar-refractivity contribution in [2.45, 2.75) is 45.8 Å². The van der Waals surface area contributed by atoms with E-state index in [2.05, 4.69) is 5.32 Å². The van der Waals surface area contributed by atoms with Crippen molar-refractivity contribution in [3.8, 4) is 0 Å². The predicted molar refractivity (Wildman–Crippen MR) is 87.9 cm³/mol. The fourth-order valence-electron chi connectivity index (χ4n) is 2.16. The predicted octanol–water partition coefficient (Wildman–Crippen LogP) is 3.91. The van der Waals surface area contributed by atoms with E-state index in [1.54, 1.807) is 20.8 Å². The van der Waals surface area contributed by atoms with Crippen molar-refractivity contribution in [2.24, 2.45) is 0 Å². The molecule has 2 atom stereocenters. The molecule has 0 aromatic heterocycles. The van der Waals surface area contributed by atoms with Gasteiger partial charge in [-0.05, 0) is 26.3 Å². The molecule has 22 heavy (non-hydrogen) atoms. The summed E-state index contributed by atoms with van der Waals surface area (Å²) in [7, 11) is -3.24. The van der Waals surface area contributed by atoms with Crippen LogP contribution in [0.1, 0.15) is 45.7 Å². The summed E-state index contributed by atoms with van der Waals surface area (Å²) in [6.45, 7) is 7.75. The van der Waals surface area contributed by atoms with Gasteiger partial charge in [0.05, 0.1) is 24.9 Å². The van der Waals surface area contributed by atoms with E-state index in [0.717, 1.165) is 5.56 Å². The molecule has 1 unspecified atom stereocenters. The van der Waals surface area contributed by atoms with E-state index in [-0.39, 0.29) is 18.4 Å². The highest BCUT2D eigenvalue weighted by Crippen LogP contribution is 2.53. The van der Waals surface area contributed by atoms with E-state index in [4.69, 9.17) is 9.05 Å². The fraction of sp³-hybridized carbons (Fsp3) is 0.562. The zero-order valence-electron chi connectivity index (χ0n) is 13.7. The highest BCUT2D eigenvalue weighted by Gasteiger charge is 2.33. The maximum absolute atomic E-state index is 12.6. The molecule has 1 N–H and O–H groups in total. The Morgan fingerprint density at radius 3 is 2.18 bits per heavy atom. The van der Waals surface area contributed by atoms with Gasteiger partial charge in [0.2, 0.25) is 5.91 Å². The molecule has 124 valence electrons. The van der Waals surface area contributed by atoms with Crippen molar-refractivity contribution in [1.29, 1.82) is 0 Å². The Hall–Kier alpha value is -1.16. The molecule has 0 spiro atoms. The fourth-order valence-corrected chi connectivity index (χ4v) is 3.85. The molecule has 0 radical (unpaired) electrons. The minimum absolute atomic E-state index is 0.0977. The van der Waals surface area contributed by atoms with Crippen LogP contribution in [0.4, 0.5) is 0 Å². The average Bonchev–Trinajstić information content (AvgIpc) is 2.48. The highest BCUT2D eigenvalue weighted by atomic mass is 31.2. The van der Waals surface area contributed by atoms with Gasteiger partial charge in [-0.1, -0.05) is 37.3 Å². The van der Waals surface area contributed by atoms with Gasteiger partial charge in [0, 0.05) is 6.42 Å². The number of carbonyl (C=O) groups is 1. The molecule has 0 aliphatic carbocycles. The SMILES string of the molecule is CCOP(=O)(OCC)C(C)CC(=O)N[C@H](C)c1ccccc1. The standard InChI is InChI=1S/C16H26NO4P/c1-5-20-22(19,21-6-2)13(3)12-16(18)17-14(4)15-10-8-7-9-11-15/h7-11,13-14H,5-6,12H2,1-4H3,(H,17,18)/t13?,14-/m1/s1. The smallest absolute Gasteiger partial charge is 0.333 e. The van der Waals surface area contributed by atoms with E-state index in [9.17, 15) is 9.36 Å². The largest absolute Gasteiger partial charge is 0.350 e. The molecule has 0 aliphatic heterocycles. The van der Waals surface area contributed by atoms with E-state index in [1.807, 2.05) is 37.3 Å². The van der Waals surface area contributed by atoms with E-state index in [1.165, 1.54) is 0 Å². The number of carbonyl (C=O) groups excluding carboxylic acids is 1. The molecule has 1 aromatic carbocycles. The molecule has 0 aliphatic rings. The first-order valence-electron chi connectivity index (χ1n) is 7.66. The van der Waals surface area contributed by atoms with E-state index < -0.39 is 13.3 Å². The topological polar surface area (TPSA) is 64.6 Å². The number of benzene rings is 1. The first kappa shape index (κ1) is 18.9. The van der Waals surface area contributed by atoms with Crippen molar-refractivity contribution in [3.05, 3.63) is 35.9 Å². The second kappa shape index (κ2) is 9.09. The third kappa shape index (κ3) is 5.56. The molecule has 0 fully saturated rings. The van der Waals surface area contributed by atoms with Crippen LogP contribution in [0.25, 0.3) is 0 Å². The average molecular weight is 327 g/mol. The Bertz CT molecular complexity index is 496. The quantitative estimate of drug-likeness (QED) is 0.699. The summed E-state index contributed by atoms with van der Waals surface area (Å²) in [6, 6.07) is 9.61. The number of hydrogen-bond donors (Lipinski definition) is 1. The molecule has 0 bridgehead atoms. The van der Waals surface area contributed by atoms with Crippen molar-refractivity contribution in [1.82, 2.24) is 5.32 Å². The van der Waals surface area contributed by atoms with Gasteiger partial charge < -0.3 is 14.4 Å². The van der Waals surface area contributed by atoms with Crippen LogP contribution in [0.5, 0.6) is 0 Å². The maximum atomic E-state index is 12.6. The summed E-state index contributed by atoms with van der Waals surface area (Å²) in [5, 5.41) is 2.91. The van der Waals surface area contributed by atoms with Crippen LogP contribution in [-0.2, 0) is 18.4 Å². The lowest BCUT2D eigenvalue weighted by molar-refractivity contribution is -0.121. The van der Waals surface area contributed by atoms with Crippen LogP contribution in [0.15, 0.2) is 30.3 Å². The Morgan fingerprint density at radius 2 is 1.68 bits per heavy atom. The van der Waals surface area contributed by atoms with Crippen LogP contribution in [0.2, 0.25) is 0 Å². The zero-order chi connectivity index (χ0) is 16.6. The number of amides is 1. The zero-order valence-corrected chi connectivity index (χ0v) is 14.6. The summed E-state index contributed by atoms with van der Waals surface area (Å²) in [6.07, 6.45) is 0.106. The monoisotopic (exact) mass is 327 g/mol. The van der Waals surface area contributed by atoms with Crippen LogP contribution in [0.3, 0.4) is 0 Å². The molecule has 0 heterocycles. The number of hydrogen-bond acceptors (Lipinski definition) is 4. The molecular weight excluding hydrogens is 301 g/mol. The lowest BCUT2D eigenvalue weighted by Gasteiger charge is -2.23. The molecule has 0 saturated heterocycles. The lowest BCUT2D eigenvalue weighted by Crippen LogP contribution is -2.29. The van der Waals surface area contributed by atoms with Crippen molar-refractivity contribution in [2.75, 3.05) is 13.2 Å². The first-order valence-corrected chi connectivity index (χ1v) is 9.27. The first-order chi connectivity index (χ1) is 10.4. The molecule has 0 saturated carbocycles. The summed E-state index contributed by atoms with van der Waals surface area (Å²) in [5.74, 6) is -0.163. The van der Waals surface area contributed by atoms with Gasteiger partial charge in [-0.3, -0.25) is 9.36 Å². The van der Waals surface area contributed by atoms with Gasteiger partial charge in [-0.25, -0.2) is 0 Å². The maximum Gasteiger partial charge on any atom is 0.333 e. The van der Waals surface area contributed by atoms with Gasteiger partial charge in [0.1, 0.15) is 0 Å². The molecule has 1 aromatic rings. The molecule has 1 amide bonds. The molecule has 5 nitrogen and oxygen atoms in total. The molecular formula is C16H26NO4P. The molecule has 6 heteroatoms. The van der Waals surface area contributed by atoms with Gasteiger partial charge in [0.25, 0.3) is 0 Å². The lowest BCUT2D eigenvalue weighted by atomic mass is 10.1. The molecule has 1 rings (SSSR count). The van der Waals surface area contributed by atoms with Crippen LogP contribution in [-0.4, -0.2) is 24.8 Å². The number of nitrogens with one attached hydrogen (secondary N) is 1.